The van der Waals surface area contributed by atoms with Gasteiger partial charge in [-0.25, -0.2) is 23.1 Å². The van der Waals surface area contributed by atoms with Crippen LogP contribution < -0.4 is 4.90 Å². The number of hydrogen-bond donors (Lipinski definition) is 0. The summed E-state index contributed by atoms with van der Waals surface area (Å²) >= 11 is 6.14. The topological polar surface area (TPSA) is 59.7 Å². The number of benzene rings is 1. The highest BCUT2D eigenvalue weighted by molar-refractivity contribution is 6.31. The summed E-state index contributed by atoms with van der Waals surface area (Å²) in [5, 5.41) is 9.17. The number of aromatic nitrogens is 5. The van der Waals surface area contributed by atoms with Crippen molar-refractivity contribution in [1.29, 1.82) is 0 Å². The van der Waals surface area contributed by atoms with Gasteiger partial charge in [0.25, 0.3) is 5.92 Å². The van der Waals surface area contributed by atoms with E-state index in [1.165, 1.54) is 27.9 Å². The van der Waals surface area contributed by atoms with Crippen LogP contribution in [0.1, 0.15) is 38.6 Å². The monoisotopic (exact) mass is 424 g/mol. The molecular weight excluding hydrogens is 405 g/mol. The molecule has 0 bridgehead atoms. The zero-order valence-electron chi connectivity index (χ0n) is 16.3. The van der Waals surface area contributed by atoms with E-state index in [1.54, 1.807) is 0 Å². The number of alkyl halides is 2. The predicted molar refractivity (Wildman–Crippen MR) is 104 cm³/mol. The molecule has 1 saturated heterocycles. The molecule has 1 fully saturated rings. The van der Waals surface area contributed by atoms with Crippen molar-refractivity contribution in [3.05, 3.63) is 40.4 Å². The predicted octanol–water partition coefficient (Wildman–Crippen LogP) is 4.21. The summed E-state index contributed by atoms with van der Waals surface area (Å²) in [5.41, 5.74) is 0.747. The van der Waals surface area contributed by atoms with Crippen molar-refractivity contribution in [2.24, 2.45) is 0 Å². The first-order valence-corrected chi connectivity index (χ1v) is 9.60. The van der Waals surface area contributed by atoms with Crippen molar-refractivity contribution >= 4 is 28.6 Å². The molecule has 0 N–H and O–H groups in total. The third-order valence-electron chi connectivity index (χ3n) is 4.73. The maximum Gasteiger partial charge on any atom is 0.266 e. The van der Waals surface area contributed by atoms with Gasteiger partial charge in [-0.2, -0.15) is 4.80 Å². The Bertz CT molecular complexity index is 1080. The molecule has 3 aromatic rings. The van der Waals surface area contributed by atoms with Crippen LogP contribution in [0.3, 0.4) is 0 Å². The number of hydrogen-bond acceptors (Lipinski definition) is 5. The van der Waals surface area contributed by atoms with Gasteiger partial charge in [-0.1, -0.05) is 32.4 Å². The van der Waals surface area contributed by atoms with Gasteiger partial charge in [-0.05, 0) is 23.8 Å². The summed E-state index contributed by atoms with van der Waals surface area (Å²) in [6, 6.07) is 4.04. The highest BCUT2D eigenvalue weighted by Gasteiger charge is 2.40. The molecule has 0 saturated carbocycles. The van der Waals surface area contributed by atoms with Crippen LogP contribution in [-0.4, -0.2) is 44.0 Å². The maximum atomic E-state index is 13.8. The van der Waals surface area contributed by atoms with Crippen molar-refractivity contribution in [2.75, 3.05) is 18.0 Å². The first kappa shape index (κ1) is 19.9. The third-order valence-corrected chi connectivity index (χ3v) is 5.10. The lowest BCUT2D eigenvalue weighted by molar-refractivity contribution is 0.0257. The fourth-order valence-electron chi connectivity index (χ4n) is 3.20. The molecule has 0 amide bonds. The average Bonchev–Trinajstić information content (AvgIpc) is 3.18. The van der Waals surface area contributed by atoms with Gasteiger partial charge in [0.05, 0.1) is 13.1 Å². The lowest BCUT2D eigenvalue weighted by atomic mass is 9.96. The molecule has 154 valence electrons. The van der Waals surface area contributed by atoms with Gasteiger partial charge in [0.1, 0.15) is 11.6 Å². The largest absolute Gasteiger partial charge is 0.348 e. The first-order valence-electron chi connectivity index (χ1n) is 9.22. The second-order valence-corrected chi connectivity index (χ2v) is 8.69. The minimum Gasteiger partial charge on any atom is -0.348 e. The summed E-state index contributed by atoms with van der Waals surface area (Å²) in [6.45, 7) is 5.68. The van der Waals surface area contributed by atoms with E-state index in [2.05, 4.69) is 20.2 Å². The van der Waals surface area contributed by atoms with E-state index < -0.39 is 23.7 Å². The quantitative estimate of drug-likeness (QED) is 0.630. The summed E-state index contributed by atoms with van der Waals surface area (Å²) in [5.74, 6) is -2.36. The SMILES string of the molecule is CC(C)(C)c1nc(N2CCC(F)(F)C2)c2nn(Cc3cc(F)ccc3Cl)nc2n1. The van der Waals surface area contributed by atoms with Crippen LogP contribution in [0, 0.1) is 5.82 Å². The van der Waals surface area contributed by atoms with E-state index in [1.807, 2.05) is 20.8 Å². The van der Waals surface area contributed by atoms with Crippen LogP contribution >= 0.6 is 11.6 Å². The van der Waals surface area contributed by atoms with Gasteiger partial charge in [0.2, 0.25) is 5.65 Å². The standard InChI is InChI=1S/C19H20ClF3N6/c1-18(2,3)17-24-15-14(16(25-17)28-7-6-19(22,23)10-28)26-29(27-15)9-11-8-12(21)4-5-13(11)20/h4-5,8H,6-7,9-10H2,1-3H3. The summed E-state index contributed by atoms with van der Waals surface area (Å²) in [4.78, 5) is 11.9. The number of rotatable bonds is 3. The molecule has 0 spiro atoms. The first-order chi connectivity index (χ1) is 13.5. The number of halogens is 4. The molecule has 0 radical (unpaired) electrons. The van der Waals surface area contributed by atoms with Crippen molar-refractivity contribution < 1.29 is 13.2 Å². The maximum absolute atomic E-state index is 13.8. The molecule has 4 rings (SSSR count). The van der Waals surface area contributed by atoms with Crippen LogP contribution in [0.5, 0.6) is 0 Å². The zero-order chi connectivity index (χ0) is 21.0. The Labute approximate surface area is 170 Å². The van der Waals surface area contributed by atoms with Gasteiger partial charge in [0, 0.05) is 23.4 Å². The summed E-state index contributed by atoms with van der Waals surface area (Å²) in [6.07, 6.45) is -0.240. The van der Waals surface area contributed by atoms with E-state index in [-0.39, 0.29) is 19.5 Å². The number of nitrogens with zero attached hydrogens (tertiary/aromatic N) is 6. The fraction of sp³-hybridized carbons (Fsp3) is 0.474. The van der Waals surface area contributed by atoms with E-state index >= 15 is 0 Å². The lowest BCUT2D eigenvalue weighted by Gasteiger charge is -2.21. The molecule has 0 aliphatic carbocycles. The highest BCUT2D eigenvalue weighted by atomic mass is 35.5. The van der Waals surface area contributed by atoms with Crippen LogP contribution in [0.2, 0.25) is 5.02 Å². The molecule has 29 heavy (non-hydrogen) atoms. The Morgan fingerprint density at radius 3 is 2.59 bits per heavy atom. The van der Waals surface area contributed by atoms with E-state index in [9.17, 15) is 13.2 Å². The Morgan fingerprint density at radius 2 is 1.93 bits per heavy atom. The molecule has 6 nitrogen and oxygen atoms in total. The van der Waals surface area contributed by atoms with E-state index in [0.29, 0.717) is 33.4 Å². The molecule has 3 heterocycles. The average molecular weight is 425 g/mol. The molecule has 1 aliphatic heterocycles. The van der Waals surface area contributed by atoms with Crippen LogP contribution in [0.4, 0.5) is 19.0 Å². The van der Waals surface area contributed by atoms with Crippen LogP contribution in [0.15, 0.2) is 18.2 Å². The van der Waals surface area contributed by atoms with Crippen molar-refractivity contribution in [3.63, 3.8) is 0 Å². The molecule has 1 aliphatic rings. The minimum atomic E-state index is -2.77. The minimum absolute atomic E-state index is 0.118. The van der Waals surface area contributed by atoms with Gasteiger partial charge < -0.3 is 4.90 Å². The van der Waals surface area contributed by atoms with E-state index in [4.69, 9.17) is 11.6 Å². The van der Waals surface area contributed by atoms with Crippen LogP contribution in [-0.2, 0) is 12.0 Å². The molecule has 1 aromatic carbocycles. The Balaban J connectivity index is 1.80. The fourth-order valence-corrected chi connectivity index (χ4v) is 3.38. The van der Waals surface area contributed by atoms with Crippen molar-refractivity contribution in [2.45, 2.75) is 45.1 Å². The van der Waals surface area contributed by atoms with Gasteiger partial charge in [-0.3, -0.25) is 0 Å². The Kier molecular flexibility index (Phi) is 4.68. The lowest BCUT2D eigenvalue weighted by Crippen LogP contribution is -2.27. The van der Waals surface area contributed by atoms with Gasteiger partial charge in [-0.15, -0.1) is 10.2 Å². The highest BCUT2D eigenvalue weighted by Crippen LogP contribution is 2.34. The number of anilines is 1. The second kappa shape index (κ2) is 6.83. The normalized spacial score (nSPS) is 16.7. The van der Waals surface area contributed by atoms with E-state index in [0.717, 1.165) is 0 Å². The number of fused-ring (bicyclic) bond motifs is 1. The molecular formula is C19H20ClF3N6. The molecule has 2 aromatic heterocycles. The van der Waals surface area contributed by atoms with Gasteiger partial charge >= 0.3 is 0 Å². The van der Waals surface area contributed by atoms with Gasteiger partial charge in [0.15, 0.2) is 11.3 Å². The Hall–Kier alpha value is -2.42. The summed E-state index contributed by atoms with van der Waals surface area (Å²) in [7, 11) is 0. The Morgan fingerprint density at radius 1 is 1.17 bits per heavy atom. The summed E-state index contributed by atoms with van der Waals surface area (Å²) < 4.78 is 41.2. The molecule has 10 heteroatoms. The van der Waals surface area contributed by atoms with Crippen LogP contribution in [0.25, 0.3) is 11.2 Å². The molecule has 0 unspecified atom stereocenters. The van der Waals surface area contributed by atoms with Crippen molar-refractivity contribution in [1.82, 2.24) is 25.0 Å². The zero-order valence-corrected chi connectivity index (χ0v) is 17.0. The smallest absolute Gasteiger partial charge is 0.266 e. The molecule has 0 atom stereocenters. The second-order valence-electron chi connectivity index (χ2n) is 8.29. The van der Waals surface area contributed by atoms with Crippen molar-refractivity contribution in [3.8, 4) is 0 Å². The third kappa shape index (κ3) is 4.01.